The summed E-state index contributed by atoms with van der Waals surface area (Å²) in [4.78, 5) is 11.9. The maximum Gasteiger partial charge on any atom is 0.419 e. The van der Waals surface area contributed by atoms with Crippen molar-refractivity contribution in [3.63, 3.8) is 0 Å². The Morgan fingerprint density at radius 1 is 1.29 bits per heavy atom. The van der Waals surface area contributed by atoms with Gasteiger partial charge in [-0.2, -0.15) is 13.2 Å². The van der Waals surface area contributed by atoms with Crippen molar-refractivity contribution in [2.75, 3.05) is 0 Å². The summed E-state index contributed by atoms with van der Waals surface area (Å²) >= 11 is 0. The zero-order valence-corrected chi connectivity index (χ0v) is 12.2. The van der Waals surface area contributed by atoms with Crippen LogP contribution in [0.5, 0.6) is 0 Å². The number of carbonyl (C=O) groups excluding carboxylic acids is 1. The van der Waals surface area contributed by atoms with E-state index < -0.39 is 23.5 Å². The van der Waals surface area contributed by atoms with Gasteiger partial charge >= 0.3 is 6.18 Å². The molecule has 1 amide bonds. The highest BCUT2D eigenvalue weighted by molar-refractivity contribution is 5.94. The predicted molar refractivity (Wildman–Crippen MR) is 72.4 cm³/mol. The van der Waals surface area contributed by atoms with E-state index in [1.807, 2.05) is 13.8 Å². The quantitative estimate of drug-likeness (QED) is 0.803. The van der Waals surface area contributed by atoms with E-state index in [-0.39, 0.29) is 11.6 Å². The van der Waals surface area contributed by atoms with Crippen LogP contribution >= 0.6 is 0 Å². The van der Waals surface area contributed by atoms with Crippen molar-refractivity contribution in [1.29, 1.82) is 0 Å². The Labute approximate surface area is 121 Å². The van der Waals surface area contributed by atoms with E-state index >= 15 is 0 Å². The van der Waals surface area contributed by atoms with Crippen molar-refractivity contribution in [2.45, 2.75) is 45.8 Å². The minimum absolute atomic E-state index is 0.160. The zero-order chi connectivity index (χ0) is 16.2. The molecule has 2 unspecified atom stereocenters. The highest BCUT2D eigenvalue weighted by atomic mass is 19.4. The van der Waals surface area contributed by atoms with Gasteiger partial charge in [0.1, 0.15) is 5.82 Å². The van der Waals surface area contributed by atoms with E-state index in [1.54, 1.807) is 6.92 Å². The molecule has 1 aromatic carbocycles. The molecule has 0 saturated carbocycles. The van der Waals surface area contributed by atoms with Crippen LogP contribution in [0.4, 0.5) is 17.6 Å². The monoisotopic (exact) mass is 305 g/mol. The first-order valence-corrected chi connectivity index (χ1v) is 6.82. The average Bonchev–Trinajstić information content (AvgIpc) is 2.37. The van der Waals surface area contributed by atoms with Gasteiger partial charge in [0.05, 0.1) is 5.56 Å². The number of hydrogen-bond donors (Lipinski definition) is 1. The second-order valence-corrected chi connectivity index (χ2v) is 5.32. The smallest absolute Gasteiger partial charge is 0.350 e. The van der Waals surface area contributed by atoms with Crippen molar-refractivity contribution in [3.8, 4) is 0 Å². The van der Waals surface area contributed by atoms with Crippen molar-refractivity contribution in [3.05, 3.63) is 35.1 Å². The number of rotatable bonds is 5. The summed E-state index contributed by atoms with van der Waals surface area (Å²) in [6.07, 6.45) is -3.13. The number of carbonyl (C=O) groups is 1. The third kappa shape index (κ3) is 5.02. The van der Waals surface area contributed by atoms with Gasteiger partial charge in [0.2, 0.25) is 0 Å². The van der Waals surface area contributed by atoms with Crippen LogP contribution in [0, 0.1) is 11.7 Å². The highest BCUT2D eigenvalue weighted by Gasteiger charge is 2.34. The molecule has 1 aromatic rings. The van der Waals surface area contributed by atoms with Gasteiger partial charge < -0.3 is 5.32 Å². The van der Waals surface area contributed by atoms with E-state index in [9.17, 15) is 22.4 Å². The standard InChI is InChI=1S/C15H19F4NO/c1-4-9(2)7-10(3)20-14(21)11-5-6-13(16)12(8-11)15(17,18)19/h5-6,8-10H,4,7H2,1-3H3,(H,20,21). The van der Waals surface area contributed by atoms with Crippen LogP contribution in [0.1, 0.15) is 49.5 Å². The van der Waals surface area contributed by atoms with Crippen molar-refractivity contribution < 1.29 is 22.4 Å². The highest BCUT2D eigenvalue weighted by Crippen LogP contribution is 2.31. The van der Waals surface area contributed by atoms with E-state index in [0.29, 0.717) is 18.1 Å². The number of nitrogens with one attached hydrogen (secondary N) is 1. The molecule has 0 aliphatic carbocycles. The average molecular weight is 305 g/mol. The maximum absolute atomic E-state index is 13.2. The van der Waals surface area contributed by atoms with Gasteiger partial charge in [-0.15, -0.1) is 0 Å². The first-order valence-electron chi connectivity index (χ1n) is 6.82. The van der Waals surface area contributed by atoms with E-state index in [1.165, 1.54) is 0 Å². The van der Waals surface area contributed by atoms with Crippen LogP contribution in [-0.2, 0) is 6.18 Å². The Balaban J connectivity index is 2.84. The largest absolute Gasteiger partial charge is 0.419 e. The molecule has 2 nitrogen and oxygen atoms in total. The van der Waals surface area contributed by atoms with Crippen LogP contribution in [0.25, 0.3) is 0 Å². The number of alkyl halides is 3. The SMILES string of the molecule is CCC(C)CC(C)NC(=O)c1ccc(F)c(C(F)(F)F)c1. The summed E-state index contributed by atoms with van der Waals surface area (Å²) in [5, 5.41) is 2.63. The fourth-order valence-corrected chi connectivity index (χ4v) is 2.02. The lowest BCUT2D eigenvalue weighted by Crippen LogP contribution is -2.33. The van der Waals surface area contributed by atoms with Gasteiger partial charge in [-0.3, -0.25) is 4.79 Å². The van der Waals surface area contributed by atoms with Gasteiger partial charge in [-0.05, 0) is 37.5 Å². The first-order chi connectivity index (χ1) is 9.65. The predicted octanol–water partition coefficient (Wildman–Crippen LogP) is 4.40. The molecule has 1 rings (SSSR count). The Bertz CT molecular complexity index is 499. The molecule has 0 radical (unpaired) electrons. The molecule has 0 fully saturated rings. The summed E-state index contributed by atoms with van der Waals surface area (Å²) in [6.45, 7) is 5.84. The van der Waals surface area contributed by atoms with E-state index in [2.05, 4.69) is 5.32 Å². The summed E-state index contributed by atoms with van der Waals surface area (Å²) in [5.74, 6) is -1.61. The van der Waals surface area contributed by atoms with Gasteiger partial charge in [-0.25, -0.2) is 4.39 Å². The van der Waals surface area contributed by atoms with Crippen LogP contribution in [0.3, 0.4) is 0 Å². The Morgan fingerprint density at radius 3 is 2.43 bits per heavy atom. The summed E-state index contributed by atoms with van der Waals surface area (Å²) in [6, 6.07) is 2.10. The Kier molecular flexibility index (Phi) is 5.75. The fourth-order valence-electron chi connectivity index (χ4n) is 2.02. The molecule has 0 bridgehead atoms. The summed E-state index contributed by atoms with van der Waals surface area (Å²) in [7, 11) is 0. The number of halogens is 4. The normalized spacial score (nSPS) is 14.6. The topological polar surface area (TPSA) is 29.1 Å². The molecule has 0 spiro atoms. The molecular formula is C15H19F4NO. The molecule has 2 atom stereocenters. The van der Waals surface area contributed by atoms with Crippen LogP contribution in [0.15, 0.2) is 18.2 Å². The van der Waals surface area contributed by atoms with Crippen molar-refractivity contribution in [2.24, 2.45) is 5.92 Å². The van der Waals surface area contributed by atoms with Gasteiger partial charge in [-0.1, -0.05) is 20.3 Å². The van der Waals surface area contributed by atoms with E-state index in [0.717, 1.165) is 18.9 Å². The van der Waals surface area contributed by atoms with Gasteiger partial charge in [0.15, 0.2) is 0 Å². The lowest BCUT2D eigenvalue weighted by molar-refractivity contribution is -0.140. The third-order valence-corrected chi connectivity index (χ3v) is 3.36. The Morgan fingerprint density at radius 2 is 1.90 bits per heavy atom. The lowest BCUT2D eigenvalue weighted by atomic mass is 10.00. The van der Waals surface area contributed by atoms with Crippen molar-refractivity contribution >= 4 is 5.91 Å². The molecule has 1 N–H and O–H groups in total. The molecule has 118 valence electrons. The number of hydrogen-bond acceptors (Lipinski definition) is 1. The second kappa shape index (κ2) is 6.91. The molecule has 0 aliphatic heterocycles. The summed E-state index contributed by atoms with van der Waals surface area (Å²) < 4.78 is 51.0. The van der Waals surface area contributed by atoms with Crippen molar-refractivity contribution in [1.82, 2.24) is 5.32 Å². The molecule has 0 aliphatic rings. The molecule has 6 heteroatoms. The number of amides is 1. The fraction of sp³-hybridized carbons (Fsp3) is 0.533. The molecule has 0 aromatic heterocycles. The molecular weight excluding hydrogens is 286 g/mol. The van der Waals surface area contributed by atoms with Crippen LogP contribution in [0.2, 0.25) is 0 Å². The number of benzene rings is 1. The van der Waals surface area contributed by atoms with Crippen LogP contribution < -0.4 is 5.32 Å². The van der Waals surface area contributed by atoms with Gasteiger partial charge in [0, 0.05) is 11.6 Å². The minimum Gasteiger partial charge on any atom is -0.350 e. The van der Waals surface area contributed by atoms with E-state index in [4.69, 9.17) is 0 Å². The molecule has 0 heterocycles. The zero-order valence-electron chi connectivity index (χ0n) is 12.2. The Hall–Kier alpha value is -1.59. The third-order valence-electron chi connectivity index (χ3n) is 3.36. The molecule has 21 heavy (non-hydrogen) atoms. The van der Waals surface area contributed by atoms with Gasteiger partial charge in [0.25, 0.3) is 5.91 Å². The summed E-state index contributed by atoms with van der Waals surface area (Å²) in [5.41, 5.74) is -1.62. The second-order valence-electron chi connectivity index (χ2n) is 5.32. The minimum atomic E-state index is -4.82. The van der Waals surface area contributed by atoms with Crippen LogP contribution in [-0.4, -0.2) is 11.9 Å². The maximum atomic E-state index is 13.2. The lowest BCUT2D eigenvalue weighted by Gasteiger charge is -2.18. The molecule has 0 saturated heterocycles. The first kappa shape index (κ1) is 17.5.